The Morgan fingerprint density at radius 3 is 2.34 bits per heavy atom. The van der Waals surface area contributed by atoms with Crippen molar-refractivity contribution < 1.29 is 19.1 Å². The fraction of sp³-hybridized carbons (Fsp3) is 0.0417. The van der Waals surface area contributed by atoms with E-state index in [1.54, 1.807) is 36.4 Å². The highest BCUT2D eigenvalue weighted by molar-refractivity contribution is 6.31. The lowest BCUT2D eigenvalue weighted by Gasteiger charge is -2.19. The molecular formula is C24H16ClFN2O4. The predicted octanol–water partition coefficient (Wildman–Crippen LogP) is 4.41. The fourth-order valence-electron chi connectivity index (χ4n) is 3.51. The van der Waals surface area contributed by atoms with Crippen LogP contribution in [0.5, 0.6) is 0 Å². The van der Waals surface area contributed by atoms with Crippen molar-refractivity contribution in [2.75, 3.05) is 0 Å². The summed E-state index contributed by atoms with van der Waals surface area (Å²) in [7, 11) is 0. The van der Waals surface area contributed by atoms with E-state index in [-0.39, 0.29) is 28.8 Å². The number of pyridine rings is 1. The molecule has 0 aliphatic heterocycles. The van der Waals surface area contributed by atoms with Crippen LogP contribution in [0.3, 0.4) is 0 Å². The number of para-hydroxylation sites is 1. The number of carbonyl (C=O) groups is 2. The zero-order valence-electron chi connectivity index (χ0n) is 16.5. The highest BCUT2D eigenvalue weighted by Gasteiger charge is 2.23. The predicted molar refractivity (Wildman–Crippen MR) is 119 cm³/mol. The number of aromatic nitrogens is 1. The molecule has 32 heavy (non-hydrogen) atoms. The molecule has 0 fully saturated rings. The number of hydrogen-bond acceptors (Lipinski definition) is 3. The van der Waals surface area contributed by atoms with Gasteiger partial charge in [-0.1, -0.05) is 29.8 Å². The van der Waals surface area contributed by atoms with Crippen LogP contribution in [0.4, 0.5) is 4.39 Å². The number of nitrogens with one attached hydrogen (secondary N) is 1. The highest BCUT2D eigenvalue weighted by atomic mass is 35.5. The largest absolute Gasteiger partial charge is 0.477 e. The summed E-state index contributed by atoms with van der Waals surface area (Å²) >= 11 is 6.14. The van der Waals surface area contributed by atoms with E-state index in [9.17, 15) is 23.9 Å². The number of benzene rings is 3. The number of carbonyl (C=O) groups excluding carboxylic acids is 1. The molecule has 0 spiro atoms. The zero-order chi connectivity index (χ0) is 22.8. The van der Waals surface area contributed by atoms with Crippen LogP contribution in [-0.4, -0.2) is 21.6 Å². The molecule has 0 unspecified atom stereocenters. The Morgan fingerprint density at radius 2 is 1.69 bits per heavy atom. The smallest absolute Gasteiger partial charge is 0.353 e. The van der Waals surface area contributed by atoms with Gasteiger partial charge in [-0.3, -0.25) is 9.59 Å². The first-order valence-electron chi connectivity index (χ1n) is 9.56. The minimum Gasteiger partial charge on any atom is -0.477 e. The molecule has 4 aromatic rings. The van der Waals surface area contributed by atoms with Gasteiger partial charge in [-0.25, -0.2) is 9.18 Å². The van der Waals surface area contributed by atoms with E-state index in [0.29, 0.717) is 16.2 Å². The van der Waals surface area contributed by atoms with Gasteiger partial charge in [0.2, 0.25) is 0 Å². The molecule has 8 heteroatoms. The second-order valence-corrected chi connectivity index (χ2v) is 7.42. The molecule has 160 valence electrons. The number of amides is 1. The zero-order valence-corrected chi connectivity index (χ0v) is 17.3. The van der Waals surface area contributed by atoms with E-state index in [4.69, 9.17) is 11.6 Å². The van der Waals surface area contributed by atoms with E-state index in [2.05, 4.69) is 5.32 Å². The quantitative estimate of drug-likeness (QED) is 0.471. The van der Waals surface area contributed by atoms with Crippen LogP contribution in [0.25, 0.3) is 16.6 Å². The molecule has 0 aliphatic rings. The van der Waals surface area contributed by atoms with Crippen LogP contribution in [0.2, 0.25) is 5.02 Å². The van der Waals surface area contributed by atoms with Crippen LogP contribution >= 0.6 is 11.6 Å². The first-order valence-corrected chi connectivity index (χ1v) is 9.94. The van der Waals surface area contributed by atoms with E-state index >= 15 is 0 Å². The first kappa shape index (κ1) is 21.3. The highest BCUT2D eigenvalue weighted by Crippen LogP contribution is 2.25. The summed E-state index contributed by atoms with van der Waals surface area (Å²) in [6, 6.07) is 18.1. The van der Waals surface area contributed by atoms with Crippen molar-refractivity contribution in [2.24, 2.45) is 0 Å². The SMILES string of the molecule is O=C(NCc1c(C(=O)O)n(-c2ccccc2)c2cc(Cl)ccc2c1=O)c1ccc(F)cc1. The van der Waals surface area contributed by atoms with Gasteiger partial charge >= 0.3 is 5.97 Å². The number of hydrogen-bond donors (Lipinski definition) is 2. The maximum Gasteiger partial charge on any atom is 0.353 e. The molecule has 0 atom stereocenters. The van der Waals surface area contributed by atoms with Gasteiger partial charge in [-0.15, -0.1) is 0 Å². The van der Waals surface area contributed by atoms with Crippen molar-refractivity contribution in [2.45, 2.75) is 6.54 Å². The lowest BCUT2D eigenvalue weighted by molar-refractivity contribution is 0.0685. The molecular weight excluding hydrogens is 435 g/mol. The van der Waals surface area contributed by atoms with Crippen molar-refractivity contribution in [3.05, 3.63) is 111 Å². The average molecular weight is 451 g/mol. The minimum absolute atomic E-state index is 0.0911. The van der Waals surface area contributed by atoms with Crippen LogP contribution in [-0.2, 0) is 6.54 Å². The van der Waals surface area contributed by atoms with Gasteiger partial charge in [0.15, 0.2) is 5.43 Å². The van der Waals surface area contributed by atoms with Gasteiger partial charge in [0.1, 0.15) is 11.5 Å². The molecule has 1 heterocycles. The lowest BCUT2D eigenvalue weighted by atomic mass is 10.1. The van der Waals surface area contributed by atoms with Crippen molar-refractivity contribution >= 4 is 34.4 Å². The minimum atomic E-state index is -1.33. The second-order valence-electron chi connectivity index (χ2n) is 6.98. The first-order chi connectivity index (χ1) is 15.4. The van der Waals surface area contributed by atoms with Gasteiger partial charge in [0.05, 0.1) is 11.1 Å². The van der Waals surface area contributed by atoms with E-state index in [1.165, 1.54) is 28.8 Å². The Kier molecular flexibility index (Phi) is 5.75. The third kappa shape index (κ3) is 3.98. The molecule has 0 radical (unpaired) electrons. The summed E-state index contributed by atoms with van der Waals surface area (Å²) in [6.07, 6.45) is 0. The van der Waals surface area contributed by atoms with Gasteiger partial charge in [-0.2, -0.15) is 0 Å². The van der Waals surface area contributed by atoms with Crippen LogP contribution < -0.4 is 10.7 Å². The maximum absolute atomic E-state index is 13.2. The topological polar surface area (TPSA) is 88.4 Å². The maximum atomic E-state index is 13.2. The Bertz CT molecular complexity index is 1400. The van der Waals surface area contributed by atoms with E-state index < -0.39 is 23.1 Å². The molecule has 0 saturated carbocycles. The number of nitrogens with zero attached hydrogens (tertiary/aromatic N) is 1. The van der Waals surface area contributed by atoms with Crippen LogP contribution in [0.15, 0.2) is 77.6 Å². The lowest BCUT2D eigenvalue weighted by Crippen LogP contribution is -2.30. The summed E-state index contributed by atoms with van der Waals surface area (Å²) in [6.45, 7) is -0.331. The monoisotopic (exact) mass is 450 g/mol. The Hall–Kier alpha value is -3.97. The van der Waals surface area contributed by atoms with E-state index in [0.717, 1.165) is 12.1 Å². The molecule has 0 aliphatic carbocycles. The van der Waals surface area contributed by atoms with Crippen LogP contribution in [0.1, 0.15) is 26.4 Å². The summed E-state index contributed by atoms with van der Waals surface area (Å²) in [5.74, 6) is -2.39. The number of carboxylic acids is 1. The molecule has 4 rings (SSSR count). The van der Waals surface area contributed by atoms with E-state index in [1.807, 2.05) is 0 Å². The van der Waals surface area contributed by atoms with Gasteiger partial charge in [0, 0.05) is 28.2 Å². The average Bonchev–Trinajstić information content (AvgIpc) is 2.78. The standard InChI is InChI=1S/C24H16ClFN2O4/c25-15-8-11-18-20(12-15)28(17-4-2-1-3-5-17)21(24(31)32)19(22(18)29)13-27-23(30)14-6-9-16(26)10-7-14/h1-12H,13H2,(H,27,30)(H,31,32). The molecule has 3 aromatic carbocycles. The van der Waals surface area contributed by atoms with Crippen LogP contribution in [0, 0.1) is 5.82 Å². The molecule has 0 bridgehead atoms. The normalized spacial score (nSPS) is 10.8. The Morgan fingerprint density at radius 1 is 1.00 bits per heavy atom. The third-order valence-electron chi connectivity index (χ3n) is 4.98. The van der Waals surface area contributed by atoms with Gasteiger partial charge in [0.25, 0.3) is 5.91 Å². The second kappa shape index (κ2) is 8.64. The third-order valence-corrected chi connectivity index (χ3v) is 5.21. The molecule has 6 nitrogen and oxygen atoms in total. The number of carboxylic acid groups (broad SMARTS) is 1. The molecule has 1 aromatic heterocycles. The fourth-order valence-corrected chi connectivity index (χ4v) is 3.68. The molecule has 2 N–H and O–H groups in total. The Balaban J connectivity index is 1.89. The number of rotatable bonds is 5. The van der Waals surface area contributed by atoms with Crippen molar-refractivity contribution in [3.8, 4) is 5.69 Å². The van der Waals surface area contributed by atoms with Gasteiger partial charge < -0.3 is 15.0 Å². The number of fused-ring (bicyclic) bond motifs is 1. The summed E-state index contributed by atoms with van der Waals surface area (Å²) in [5.41, 5.74) is 0.130. The summed E-state index contributed by atoms with van der Waals surface area (Å²) in [4.78, 5) is 38.0. The summed E-state index contributed by atoms with van der Waals surface area (Å²) < 4.78 is 14.6. The molecule has 1 amide bonds. The van der Waals surface area contributed by atoms with Crippen molar-refractivity contribution in [1.29, 1.82) is 0 Å². The van der Waals surface area contributed by atoms with Crippen molar-refractivity contribution in [1.82, 2.24) is 9.88 Å². The van der Waals surface area contributed by atoms with Gasteiger partial charge in [-0.05, 0) is 54.6 Å². The Labute approximate surface area is 186 Å². The molecule has 0 saturated heterocycles. The number of aromatic carboxylic acids is 1. The summed E-state index contributed by atoms with van der Waals surface area (Å²) in [5, 5.41) is 13.2. The number of halogens is 2. The van der Waals surface area contributed by atoms with Crippen molar-refractivity contribution in [3.63, 3.8) is 0 Å².